The molecule has 0 fully saturated rings. The number of allylic oxidation sites excluding steroid dienone is 4. The Morgan fingerprint density at radius 2 is 1.39 bits per heavy atom. The van der Waals surface area contributed by atoms with Gasteiger partial charge >= 0.3 is 0 Å². The van der Waals surface area contributed by atoms with Crippen molar-refractivity contribution in [2.75, 3.05) is 4.90 Å². The number of rotatable bonds is 5. The van der Waals surface area contributed by atoms with Gasteiger partial charge in [-0.05, 0) is 59.0 Å². The van der Waals surface area contributed by atoms with E-state index in [1.807, 2.05) is 0 Å². The van der Waals surface area contributed by atoms with Gasteiger partial charge in [0.1, 0.15) is 0 Å². The molecule has 0 N–H and O–H groups in total. The minimum atomic E-state index is 0.853. The maximum atomic E-state index is 4.15. The Morgan fingerprint density at radius 1 is 0.786 bits per heavy atom. The van der Waals surface area contributed by atoms with E-state index in [9.17, 15) is 0 Å². The van der Waals surface area contributed by atoms with Gasteiger partial charge in [-0.1, -0.05) is 80.3 Å². The highest BCUT2D eigenvalue weighted by atomic mass is 15.1. The van der Waals surface area contributed by atoms with Crippen molar-refractivity contribution in [3.63, 3.8) is 0 Å². The van der Waals surface area contributed by atoms with Crippen LogP contribution in [0.25, 0.3) is 11.1 Å². The summed E-state index contributed by atoms with van der Waals surface area (Å²) in [6, 6.07) is 28.2. The molecule has 0 aromatic heterocycles. The monoisotopic (exact) mass is 363 g/mol. The molecule has 0 amide bonds. The fourth-order valence-electron chi connectivity index (χ4n) is 3.59. The van der Waals surface area contributed by atoms with Crippen LogP contribution in [0.3, 0.4) is 0 Å². The molecule has 28 heavy (non-hydrogen) atoms. The predicted molar refractivity (Wildman–Crippen MR) is 121 cm³/mol. The lowest BCUT2D eigenvalue weighted by Crippen LogP contribution is -2.17. The van der Waals surface area contributed by atoms with Crippen LogP contribution < -0.4 is 4.90 Å². The first-order chi connectivity index (χ1) is 13.7. The van der Waals surface area contributed by atoms with Gasteiger partial charge in [-0.25, -0.2) is 0 Å². The van der Waals surface area contributed by atoms with Crippen molar-refractivity contribution in [3.8, 4) is 11.1 Å². The molecule has 0 saturated carbocycles. The van der Waals surface area contributed by atoms with Gasteiger partial charge in [0.2, 0.25) is 0 Å². The second kappa shape index (κ2) is 8.14. The normalized spacial score (nSPS) is 13.3. The molecule has 3 aromatic rings. The second-order valence-electron chi connectivity index (χ2n) is 7.12. The molecule has 0 heterocycles. The maximum Gasteiger partial charge on any atom is 0.0458 e. The molecule has 0 unspecified atom stereocenters. The highest BCUT2D eigenvalue weighted by molar-refractivity contribution is 5.73. The highest BCUT2D eigenvalue weighted by Gasteiger charge is 2.16. The first-order valence-electron chi connectivity index (χ1n) is 9.84. The Morgan fingerprint density at radius 3 is 2.00 bits per heavy atom. The summed E-state index contributed by atoms with van der Waals surface area (Å²) in [6.07, 6.45) is 8.27. The molecule has 1 aliphatic carbocycles. The Hall–Kier alpha value is -3.32. The van der Waals surface area contributed by atoms with Crippen LogP contribution in [-0.4, -0.2) is 0 Å². The summed E-state index contributed by atoms with van der Waals surface area (Å²) < 4.78 is 0. The average molecular weight is 364 g/mol. The summed E-state index contributed by atoms with van der Waals surface area (Å²) in [6.45, 7) is 6.33. The maximum absolute atomic E-state index is 4.15. The smallest absolute Gasteiger partial charge is 0.0458 e. The van der Waals surface area contributed by atoms with Gasteiger partial charge in [-0.2, -0.15) is 0 Å². The standard InChI is InChI=1S/C27H25N/c1-3-22-12-14-23(15-13-22)24-16-18-26(19-17-24)28(25-9-5-4-6-10-25)27-11-7-8-21(2)20-27/h4-19H,2-3,20H2,1H3. The third-order valence-electron chi connectivity index (χ3n) is 5.15. The minimum absolute atomic E-state index is 0.853. The van der Waals surface area contributed by atoms with Gasteiger partial charge < -0.3 is 4.90 Å². The minimum Gasteiger partial charge on any atom is -0.314 e. The molecule has 0 spiro atoms. The number of hydrogen-bond donors (Lipinski definition) is 0. The first-order valence-corrected chi connectivity index (χ1v) is 9.84. The number of anilines is 2. The predicted octanol–water partition coefficient (Wildman–Crippen LogP) is 7.45. The fraction of sp³-hybridized carbons (Fsp3) is 0.111. The van der Waals surface area contributed by atoms with Crippen LogP contribution in [0.1, 0.15) is 18.9 Å². The molecule has 0 saturated heterocycles. The summed E-state index contributed by atoms with van der Waals surface area (Å²) >= 11 is 0. The Kier molecular flexibility index (Phi) is 5.25. The van der Waals surface area contributed by atoms with E-state index in [0.717, 1.165) is 29.8 Å². The van der Waals surface area contributed by atoms with Gasteiger partial charge in [0.05, 0.1) is 0 Å². The van der Waals surface area contributed by atoms with Crippen LogP contribution in [-0.2, 0) is 6.42 Å². The summed E-state index contributed by atoms with van der Waals surface area (Å²) in [5, 5.41) is 0. The topological polar surface area (TPSA) is 3.24 Å². The summed E-state index contributed by atoms with van der Waals surface area (Å²) in [4.78, 5) is 2.32. The van der Waals surface area contributed by atoms with Crippen molar-refractivity contribution in [1.29, 1.82) is 0 Å². The van der Waals surface area contributed by atoms with E-state index in [2.05, 4.69) is 115 Å². The van der Waals surface area contributed by atoms with Gasteiger partial charge in [0.25, 0.3) is 0 Å². The molecule has 0 radical (unpaired) electrons. The zero-order valence-corrected chi connectivity index (χ0v) is 16.3. The molecule has 0 atom stereocenters. The van der Waals surface area contributed by atoms with Crippen LogP contribution >= 0.6 is 0 Å². The van der Waals surface area contributed by atoms with E-state index in [-0.39, 0.29) is 0 Å². The number of aryl methyl sites for hydroxylation is 1. The van der Waals surface area contributed by atoms with Crippen LogP contribution in [0.2, 0.25) is 0 Å². The lowest BCUT2D eigenvalue weighted by molar-refractivity contribution is 1.04. The molecule has 0 aliphatic heterocycles. The molecule has 1 aliphatic rings. The summed E-state index contributed by atoms with van der Waals surface area (Å²) in [5.41, 5.74) is 8.55. The summed E-state index contributed by atoms with van der Waals surface area (Å²) in [5.74, 6) is 0. The van der Waals surface area contributed by atoms with Crippen LogP contribution in [0, 0.1) is 0 Å². The number of para-hydroxylation sites is 1. The largest absolute Gasteiger partial charge is 0.314 e. The van der Waals surface area contributed by atoms with Gasteiger partial charge in [-0.3, -0.25) is 0 Å². The van der Waals surface area contributed by atoms with E-state index >= 15 is 0 Å². The number of hydrogen-bond acceptors (Lipinski definition) is 1. The molecular weight excluding hydrogens is 338 g/mol. The van der Waals surface area contributed by atoms with Gasteiger partial charge in [0.15, 0.2) is 0 Å². The van der Waals surface area contributed by atoms with Gasteiger partial charge in [0, 0.05) is 23.5 Å². The third kappa shape index (κ3) is 3.84. The van der Waals surface area contributed by atoms with E-state index in [1.165, 1.54) is 22.4 Å². The van der Waals surface area contributed by atoms with Crippen molar-refractivity contribution < 1.29 is 0 Å². The molecular formula is C27H25N. The van der Waals surface area contributed by atoms with Gasteiger partial charge in [-0.15, -0.1) is 0 Å². The highest BCUT2D eigenvalue weighted by Crippen LogP contribution is 2.35. The zero-order valence-electron chi connectivity index (χ0n) is 16.3. The van der Waals surface area contributed by atoms with Crippen LogP contribution in [0.5, 0.6) is 0 Å². The Labute approximate surface area is 168 Å². The molecule has 4 rings (SSSR count). The molecule has 1 heteroatoms. The molecule has 138 valence electrons. The molecule has 0 bridgehead atoms. The van der Waals surface area contributed by atoms with E-state index < -0.39 is 0 Å². The summed E-state index contributed by atoms with van der Waals surface area (Å²) in [7, 11) is 0. The van der Waals surface area contributed by atoms with E-state index in [1.54, 1.807) is 0 Å². The molecule has 3 aromatic carbocycles. The van der Waals surface area contributed by atoms with Crippen LogP contribution in [0.4, 0.5) is 11.4 Å². The fourth-order valence-corrected chi connectivity index (χ4v) is 3.59. The Balaban J connectivity index is 1.69. The van der Waals surface area contributed by atoms with Crippen molar-refractivity contribution in [3.05, 3.63) is 121 Å². The van der Waals surface area contributed by atoms with E-state index in [0.29, 0.717) is 0 Å². The lowest BCUT2D eigenvalue weighted by Gasteiger charge is -2.29. The average Bonchev–Trinajstić information content (AvgIpc) is 2.75. The number of benzene rings is 3. The molecule has 1 nitrogen and oxygen atoms in total. The first kappa shape index (κ1) is 18.1. The SMILES string of the molecule is C=C1C=CC=C(N(c2ccccc2)c2ccc(-c3ccc(CC)cc3)cc2)C1. The third-order valence-corrected chi connectivity index (χ3v) is 5.15. The van der Waals surface area contributed by atoms with Crippen molar-refractivity contribution >= 4 is 11.4 Å². The van der Waals surface area contributed by atoms with Crippen LogP contribution in [0.15, 0.2) is 115 Å². The number of nitrogens with zero attached hydrogens (tertiary/aromatic N) is 1. The Bertz CT molecular complexity index is 1010. The van der Waals surface area contributed by atoms with E-state index in [4.69, 9.17) is 0 Å². The van der Waals surface area contributed by atoms with Crippen molar-refractivity contribution in [1.82, 2.24) is 0 Å². The second-order valence-corrected chi connectivity index (χ2v) is 7.12. The van der Waals surface area contributed by atoms with Crippen molar-refractivity contribution in [2.45, 2.75) is 19.8 Å². The van der Waals surface area contributed by atoms with Crippen molar-refractivity contribution in [2.24, 2.45) is 0 Å². The lowest BCUT2D eigenvalue weighted by atomic mass is 10.0. The zero-order chi connectivity index (χ0) is 19.3. The quantitative estimate of drug-likeness (QED) is 0.455.